The summed E-state index contributed by atoms with van der Waals surface area (Å²) in [6.45, 7) is 0. The lowest BCUT2D eigenvalue weighted by Gasteiger charge is -2.69. The molecule has 0 aromatic carbocycles. The van der Waals surface area contributed by atoms with E-state index in [1.807, 2.05) is 6.07 Å². The van der Waals surface area contributed by atoms with Gasteiger partial charge in [-0.15, -0.1) is 0 Å². The Hall–Kier alpha value is -1.08. The Labute approximate surface area is 76.7 Å². The number of ether oxygens (including phenoxy) is 1. The normalized spacial score (nSPS) is 42.2. The molecule has 0 radical (unpaired) electrons. The van der Waals surface area contributed by atoms with Crippen LogP contribution in [0.15, 0.2) is 0 Å². The third-order valence-electron chi connectivity index (χ3n) is 3.49. The molecule has 0 aliphatic heterocycles. The van der Waals surface area contributed by atoms with Gasteiger partial charge in [-0.2, -0.15) is 5.26 Å². The van der Waals surface area contributed by atoms with Crippen molar-refractivity contribution in [2.75, 3.05) is 7.11 Å². The number of esters is 1. The standard InChI is InChI=1S/C9H12N2O2/c1-13-7(12)9-3-8(4-9,5-9)6(11)2-10/h6H,3-5,11H2,1H3/t6-,8?,9?/m0/s1. The molecule has 0 aromatic rings. The topological polar surface area (TPSA) is 76.1 Å². The fourth-order valence-electron chi connectivity index (χ4n) is 2.77. The minimum atomic E-state index is -0.418. The van der Waals surface area contributed by atoms with E-state index < -0.39 is 6.04 Å². The van der Waals surface area contributed by atoms with Gasteiger partial charge in [-0.1, -0.05) is 0 Å². The summed E-state index contributed by atoms with van der Waals surface area (Å²) >= 11 is 0. The first-order valence-corrected chi connectivity index (χ1v) is 4.32. The Bertz CT molecular complexity index is 285. The van der Waals surface area contributed by atoms with Crippen molar-refractivity contribution in [3.8, 4) is 6.07 Å². The molecule has 3 aliphatic rings. The van der Waals surface area contributed by atoms with E-state index in [1.165, 1.54) is 7.11 Å². The smallest absolute Gasteiger partial charge is 0.311 e. The number of nitrogens with zero attached hydrogens (tertiary/aromatic N) is 1. The van der Waals surface area contributed by atoms with Gasteiger partial charge in [0.15, 0.2) is 0 Å². The third kappa shape index (κ3) is 0.802. The number of hydrogen-bond acceptors (Lipinski definition) is 4. The van der Waals surface area contributed by atoms with Gasteiger partial charge in [-0.05, 0) is 19.3 Å². The first kappa shape index (κ1) is 8.52. The molecule has 1 atom stereocenters. The molecule has 3 saturated carbocycles. The van der Waals surface area contributed by atoms with E-state index in [0.717, 1.165) is 19.3 Å². The molecule has 13 heavy (non-hydrogen) atoms. The Morgan fingerprint density at radius 1 is 1.62 bits per heavy atom. The van der Waals surface area contributed by atoms with Crippen LogP contribution >= 0.6 is 0 Å². The van der Waals surface area contributed by atoms with Crippen molar-refractivity contribution in [2.45, 2.75) is 25.3 Å². The molecule has 0 spiro atoms. The maximum Gasteiger partial charge on any atom is 0.311 e. The summed E-state index contributed by atoms with van der Waals surface area (Å²) in [7, 11) is 1.40. The molecule has 2 bridgehead atoms. The Morgan fingerprint density at radius 3 is 2.54 bits per heavy atom. The molecule has 4 nitrogen and oxygen atoms in total. The summed E-state index contributed by atoms with van der Waals surface area (Å²) < 4.78 is 4.69. The van der Waals surface area contributed by atoms with Crippen LogP contribution in [0.1, 0.15) is 19.3 Å². The number of nitrogens with two attached hydrogens (primary N) is 1. The van der Waals surface area contributed by atoms with Crippen molar-refractivity contribution < 1.29 is 9.53 Å². The second-order valence-electron chi connectivity index (χ2n) is 4.27. The number of methoxy groups -OCH3 is 1. The van der Waals surface area contributed by atoms with E-state index in [0.29, 0.717) is 0 Å². The molecule has 0 unspecified atom stereocenters. The van der Waals surface area contributed by atoms with Crippen molar-refractivity contribution in [3.05, 3.63) is 0 Å². The van der Waals surface area contributed by atoms with Crippen LogP contribution in [0.4, 0.5) is 0 Å². The van der Waals surface area contributed by atoms with Crippen LogP contribution in [0.2, 0.25) is 0 Å². The van der Waals surface area contributed by atoms with Gasteiger partial charge in [0.05, 0.1) is 24.6 Å². The molecule has 0 amide bonds. The number of carbonyl (C=O) groups excluding carboxylic acids is 1. The lowest BCUT2D eigenvalue weighted by Crippen LogP contribution is -2.71. The third-order valence-corrected chi connectivity index (χ3v) is 3.49. The van der Waals surface area contributed by atoms with Gasteiger partial charge in [0, 0.05) is 5.41 Å². The summed E-state index contributed by atoms with van der Waals surface area (Å²) in [5, 5.41) is 8.65. The summed E-state index contributed by atoms with van der Waals surface area (Å²) in [4.78, 5) is 11.3. The van der Waals surface area contributed by atoms with E-state index in [-0.39, 0.29) is 16.8 Å². The summed E-state index contributed by atoms with van der Waals surface area (Å²) in [5.41, 5.74) is 5.30. The predicted molar refractivity (Wildman–Crippen MR) is 44.3 cm³/mol. The second-order valence-corrected chi connectivity index (χ2v) is 4.27. The highest BCUT2D eigenvalue weighted by Gasteiger charge is 2.74. The Balaban J connectivity index is 2.01. The monoisotopic (exact) mass is 180 g/mol. The van der Waals surface area contributed by atoms with Gasteiger partial charge in [0.2, 0.25) is 0 Å². The average Bonchev–Trinajstić information content (AvgIpc) is 1.98. The fraction of sp³-hybridized carbons (Fsp3) is 0.778. The summed E-state index contributed by atoms with van der Waals surface area (Å²) in [6.07, 6.45) is 2.21. The quantitative estimate of drug-likeness (QED) is 0.615. The fourth-order valence-corrected chi connectivity index (χ4v) is 2.77. The van der Waals surface area contributed by atoms with Crippen molar-refractivity contribution in [2.24, 2.45) is 16.6 Å². The number of nitriles is 1. The summed E-state index contributed by atoms with van der Waals surface area (Å²) in [5.74, 6) is -0.139. The van der Waals surface area contributed by atoms with Crippen molar-refractivity contribution >= 4 is 5.97 Å². The zero-order chi connectivity index (χ0) is 9.69. The van der Waals surface area contributed by atoms with Crippen molar-refractivity contribution in [1.82, 2.24) is 0 Å². The highest BCUT2D eigenvalue weighted by atomic mass is 16.5. The molecule has 0 heterocycles. The lowest BCUT2D eigenvalue weighted by atomic mass is 9.33. The first-order chi connectivity index (χ1) is 6.08. The van der Waals surface area contributed by atoms with Crippen LogP contribution in [-0.4, -0.2) is 19.1 Å². The van der Waals surface area contributed by atoms with E-state index in [2.05, 4.69) is 0 Å². The number of hydrogen-bond donors (Lipinski definition) is 1. The van der Waals surface area contributed by atoms with Crippen LogP contribution in [0.25, 0.3) is 0 Å². The van der Waals surface area contributed by atoms with Gasteiger partial charge in [-0.3, -0.25) is 4.79 Å². The van der Waals surface area contributed by atoms with Gasteiger partial charge in [-0.25, -0.2) is 0 Å². The van der Waals surface area contributed by atoms with E-state index >= 15 is 0 Å². The second kappa shape index (κ2) is 2.24. The van der Waals surface area contributed by atoms with E-state index in [1.54, 1.807) is 0 Å². The maximum atomic E-state index is 11.3. The summed E-state index contributed by atoms with van der Waals surface area (Å²) in [6, 6.07) is 1.63. The van der Waals surface area contributed by atoms with Gasteiger partial charge in [0.1, 0.15) is 0 Å². The molecule has 0 aromatic heterocycles. The molecular weight excluding hydrogens is 168 g/mol. The molecule has 70 valence electrons. The Morgan fingerprint density at radius 2 is 2.15 bits per heavy atom. The maximum absolute atomic E-state index is 11.3. The van der Waals surface area contributed by atoms with E-state index in [9.17, 15) is 4.79 Å². The molecular formula is C9H12N2O2. The number of carbonyl (C=O) groups is 1. The van der Waals surface area contributed by atoms with Crippen LogP contribution in [0.3, 0.4) is 0 Å². The van der Waals surface area contributed by atoms with E-state index in [4.69, 9.17) is 15.7 Å². The van der Waals surface area contributed by atoms with Crippen LogP contribution in [0, 0.1) is 22.2 Å². The number of rotatable bonds is 2. The van der Waals surface area contributed by atoms with Gasteiger partial charge >= 0.3 is 5.97 Å². The minimum Gasteiger partial charge on any atom is -0.469 e. The first-order valence-electron chi connectivity index (χ1n) is 4.32. The van der Waals surface area contributed by atoms with Gasteiger partial charge in [0.25, 0.3) is 0 Å². The highest BCUT2D eigenvalue weighted by Crippen LogP contribution is 2.74. The predicted octanol–water partition coefficient (Wildman–Crippen LogP) is 0.181. The zero-order valence-electron chi connectivity index (χ0n) is 7.54. The Kier molecular flexibility index (Phi) is 1.46. The van der Waals surface area contributed by atoms with Gasteiger partial charge < -0.3 is 10.5 Å². The van der Waals surface area contributed by atoms with Crippen LogP contribution in [-0.2, 0) is 9.53 Å². The van der Waals surface area contributed by atoms with Crippen molar-refractivity contribution in [1.29, 1.82) is 5.26 Å². The minimum absolute atomic E-state index is 0.0665. The SMILES string of the molecule is COC(=O)C12CC([C@@H](N)C#N)(C1)C2. The molecule has 0 saturated heterocycles. The zero-order valence-corrected chi connectivity index (χ0v) is 7.54. The molecule has 3 fully saturated rings. The molecule has 2 N–H and O–H groups in total. The molecule has 3 aliphatic carbocycles. The van der Waals surface area contributed by atoms with Crippen LogP contribution in [0.5, 0.6) is 0 Å². The van der Waals surface area contributed by atoms with Crippen molar-refractivity contribution in [3.63, 3.8) is 0 Å². The largest absolute Gasteiger partial charge is 0.469 e. The molecule has 4 heteroatoms. The molecule has 3 rings (SSSR count). The average molecular weight is 180 g/mol. The lowest BCUT2D eigenvalue weighted by molar-refractivity contribution is -0.227. The van der Waals surface area contributed by atoms with Crippen LogP contribution < -0.4 is 5.73 Å². The highest BCUT2D eigenvalue weighted by molar-refractivity contribution is 5.81.